The number of anilines is 3. The molecule has 0 fully saturated rings. The van der Waals surface area contributed by atoms with Gasteiger partial charge < -0.3 is 10.0 Å². The van der Waals surface area contributed by atoms with E-state index in [-0.39, 0.29) is 21.8 Å². The zero-order valence-corrected chi connectivity index (χ0v) is 55.8. The lowest BCUT2D eigenvalue weighted by Gasteiger charge is -2.37. The highest BCUT2D eigenvalue weighted by Gasteiger charge is 2.49. The Morgan fingerprint density at radius 3 is 1.57 bits per heavy atom. The summed E-state index contributed by atoms with van der Waals surface area (Å²) in [6.07, 6.45) is 11.9. The molecule has 3 aliphatic rings. The third-order valence-corrected chi connectivity index (χ3v) is 23.4. The highest BCUT2D eigenvalue weighted by molar-refractivity contribution is 7.17. The van der Waals surface area contributed by atoms with Crippen LogP contribution in [-0.4, -0.2) is 19.8 Å². The molecule has 88 heavy (non-hydrogen) atoms. The number of thiophene rings is 2. The second-order valence-electron chi connectivity index (χ2n) is 26.9. The van der Waals surface area contributed by atoms with Gasteiger partial charge in [0.2, 0.25) is 0 Å². The number of unbranched alkanes of at least 4 members (excludes halogenated alkanes) is 2. The van der Waals surface area contributed by atoms with Crippen molar-refractivity contribution in [2.24, 2.45) is 11.8 Å². The van der Waals surface area contributed by atoms with Gasteiger partial charge >= 0.3 is 5.97 Å². The molecule has 3 aromatic heterocycles. The van der Waals surface area contributed by atoms with Gasteiger partial charge in [0.25, 0.3) is 0 Å². The second kappa shape index (κ2) is 23.2. The lowest BCUT2D eigenvalue weighted by Crippen LogP contribution is -2.30. The topological polar surface area (TPSA) is 66.3 Å². The van der Waals surface area contributed by atoms with E-state index in [4.69, 9.17) is 8.75 Å². The van der Waals surface area contributed by atoms with Crippen LogP contribution in [0.2, 0.25) is 0 Å². The highest BCUT2D eigenvalue weighted by atomic mass is 32.1. The van der Waals surface area contributed by atoms with Crippen LogP contribution >= 0.6 is 34.4 Å². The molecule has 0 aliphatic heterocycles. The fourth-order valence-corrected chi connectivity index (χ4v) is 18.9. The molecule has 3 heterocycles. The molecule has 2 unspecified atom stereocenters. The molecule has 446 valence electrons. The number of aromatic carboxylic acids is 1. The molecule has 13 rings (SSSR count). The van der Waals surface area contributed by atoms with Crippen molar-refractivity contribution in [2.45, 2.75) is 164 Å². The minimum Gasteiger partial charge on any atom is -0.478 e. The Bertz CT molecular complexity index is 4300. The quantitative estimate of drug-likeness (QED) is 0.0867. The predicted molar refractivity (Wildman–Crippen MR) is 374 cm³/mol. The lowest BCUT2D eigenvalue weighted by molar-refractivity contribution is 0.0696. The lowest BCUT2D eigenvalue weighted by atomic mass is 9.70. The van der Waals surface area contributed by atoms with Crippen LogP contribution in [0.3, 0.4) is 0 Å². The zero-order valence-electron chi connectivity index (χ0n) is 53.3. The SMILES string of the molecule is CCCCC(CC)CC1(CC(CC)CCCC)c2sc(C#Cc3ccc(C(=O)O)cc3)cc2-c2cc(-c3ccc(-c4ccc(N(c5ccc6c(c5)C(C)(C)c5cc(C)cc(C)c5-6)c5ccc6c(c5)C(C)(C)c5cc(C)cc(C)c5-6)cc4)c4nsnc34)sc21. The molecule has 8 heteroatoms. The zero-order chi connectivity index (χ0) is 61.6. The van der Waals surface area contributed by atoms with Crippen molar-refractivity contribution < 1.29 is 9.90 Å². The monoisotopic (exact) mass is 1210 g/mol. The van der Waals surface area contributed by atoms with Gasteiger partial charge in [0.1, 0.15) is 11.0 Å². The summed E-state index contributed by atoms with van der Waals surface area (Å²) in [6.45, 7) is 28.0. The van der Waals surface area contributed by atoms with Crippen LogP contribution in [0.25, 0.3) is 66.0 Å². The van der Waals surface area contributed by atoms with Crippen molar-refractivity contribution >= 4 is 68.5 Å². The van der Waals surface area contributed by atoms with E-state index in [1.54, 1.807) is 12.1 Å². The molecule has 0 radical (unpaired) electrons. The predicted octanol–water partition coefficient (Wildman–Crippen LogP) is 23.0. The fraction of sp³-hybridized carbons (Fsp3) is 0.338. The summed E-state index contributed by atoms with van der Waals surface area (Å²) in [5, 5.41) is 9.57. The van der Waals surface area contributed by atoms with Crippen molar-refractivity contribution in [3.8, 4) is 66.8 Å². The first-order valence-electron chi connectivity index (χ1n) is 32.2. The maximum atomic E-state index is 11.7. The van der Waals surface area contributed by atoms with Gasteiger partial charge in [0, 0.05) is 64.6 Å². The molecule has 0 amide bonds. The average molecular weight is 1210 g/mol. The van der Waals surface area contributed by atoms with Crippen LogP contribution in [-0.2, 0) is 16.2 Å². The third kappa shape index (κ3) is 10.1. The van der Waals surface area contributed by atoms with Crippen molar-refractivity contribution in [2.75, 3.05) is 4.90 Å². The van der Waals surface area contributed by atoms with Gasteiger partial charge in [-0.3, -0.25) is 0 Å². The van der Waals surface area contributed by atoms with Crippen LogP contribution in [0.5, 0.6) is 0 Å². The van der Waals surface area contributed by atoms with E-state index in [9.17, 15) is 9.90 Å². The molecule has 7 aromatic carbocycles. The third-order valence-electron chi connectivity index (χ3n) is 20.3. The Balaban J connectivity index is 0.900. The van der Waals surface area contributed by atoms with E-state index in [0.717, 1.165) is 80.9 Å². The molecule has 0 spiro atoms. The first-order chi connectivity index (χ1) is 42.4. The molecule has 0 saturated heterocycles. The van der Waals surface area contributed by atoms with E-state index < -0.39 is 5.97 Å². The van der Waals surface area contributed by atoms with Crippen LogP contribution in [0.1, 0.15) is 195 Å². The first kappa shape index (κ1) is 59.5. The number of carbonyl (C=O) groups is 1. The van der Waals surface area contributed by atoms with Crippen molar-refractivity contribution in [1.82, 2.24) is 8.75 Å². The number of aromatic nitrogens is 2. The normalized spacial score (nSPS) is 16.1. The Kier molecular flexibility index (Phi) is 15.7. The summed E-state index contributed by atoms with van der Waals surface area (Å²) < 4.78 is 10.3. The Hall–Kier alpha value is -7.41. The number of carboxylic acids is 1. The molecule has 5 nitrogen and oxygen atoms in total. The number of carboxylic acid groups (broad SMARTS) is 1. The summed E-state index contributed by atoms with van der Waals surface area (Å²) in [5.41, 5.74) is 28.2. The molecular weight excluding hydrogens is 1130 g/mol. The van der Waals surface area contributed by atoms with Crippen molar-refractivity contribution in [3.63, 3.8) is 0 Å². The Morgan fingerprint density at radius 1 is 0.534 bits per heavy atom. The van der Waals surface area contributed by atoms with Crippen LogP contribution in [0.4, 0.5) is 17.1 Å². The van der Waals surface area contributed by atoms with Crippen LogP contribution < -0.4 is 4.90 Å². The highest BCUT2D eigenvalue weighted by Crippen LogP contribution is 2.63. The standard InChI is InChI=1S/C80H81N3O2S3/c1-13-17-19-51(15-3)45-80(46-52(16-4)20-18-14-2)75-64(43-59(86-75)32-23-53-21-24-55(25-22-53)77(84)85)65-44-70(87-76(65)80)63-36-35-60(73-74(63)82-88-81-73)54-26-28-56(29-27-54)83(57-30-33-61-66(41-57)78(9,10)68-39-47(5)37-49(7)71(61)68)58-31-34-62-67(42-58)79(11,12)69-40-48(6)38-50(8)72(62)69/h21-22,24-31,33-44,51-52H,13-20,45-46H2,1-12H3,(H,84,85). The van der Waals surface area contributed by atoms with Gasteiger partial charge in [0.15, 0.2) is 0 Å². The van der Waals surface area contributed by atoms with Crippen molar-refractivity contribution in [1.29, 1.82) is 0 Å². The summed E-state index contributed by atoms with van der Waals surface area (Å²) in [7, 11) is 0. The summed E-state index contributed by atoms with van der Waals surface area (Å²) in [5.74, 6) is 7.23. The van der Waals surface area contributed by atoms with E-state index in [1.807, 2.05) is 34.8 Å². The maximum Gasteiger partial charge on any atom is 0.335 e. The molecule has 3 aliphatic carbocycles. The minimum absolute atomic E-state index is 0.127. The van der Waals surface area contributed by atoms with E-state index in [2.05, 4.69) is 209 Å². The van der Waals surface area contributed by atoms with E-state index in [1.165, 1.54) is 143 Å². The molecular formula is C80H81N3O2S3. The summed E-state index contributed by atoms with van der Waals surface area (Å²) >= 11 is 5.20. The average Bonchev–Trinajstić information content (AvgIpc) is 1.59. The largest absolute Gasteiger partial charge is 0.478 e. The van der Waals surface area contributed by atoms with Gasteiger partial charge in [-0.15, -0.1) is 22.7 Å². The number of aryl methyl sites for hydroxylation is 4. The van der Waals surface area contributed by atoms with Gasteiger partial charge in [-0.1, -0.05) is 190 Å². The molecule has 0 saturated carbocycles. The maximum absolute atomic E-state index is 11.7. The summed E-state index contributed by atoms with van der Waals surface area (Å²) in [6, 6.07) is 49.4. The number of hydrogen-bond donors (Lipinski definition) is 1. The fourth-order valence-electron chi connectivity index (χ4n) is 15.6. The number of hydrogen-bond acceptors (Lipinski definition) is 7. The van der Waals surface area contributed by atoms with Gasteiger partial charge in [-0.2, -0.15) is 8.75 Å². The van der Waals surface area contributed by atoms with Gasteiger partial charge in [-0.25, -0.2) is 4.79 Å². The number of fused-ring (bicyclic) bond motifs is 10. The molecule has 1 N–H and O–H groups in total. The van der Waals surface area contributed by atoms with Gasteiger partial charge in [-0.05, 0) is 197 Å². The van der Waals surface area contributed by atoms with Crippen molar-refractivity contribution in [3.05, 3.63) is 204 Å². The van der Waals surface area contributed by atoms with E-state index in [0.29, 0.717) is 11.8 Å². The number of nitrogens with zero attached hydrogens (tertiary/aromatic N) is 3. The molecule has 10 aromatic rings. The smallest absolute Gasteiger partial charge is 0.335 e. The minimum atomic E-state index is -0.929. The Morgan fingerprint density at radius 2 is 1.03 bits per heavy atom. The number of benzene rings is 7. The second-order valence-corrected chi connectivity index (χ2v) is 29.5. The van der Waals surface area contributed by atoms with Crippen LogP contribution in [0.15, 0.2) is 133 Å². The first-order valence-corrected chi connectivity index (χ1v) is 34.6. The Labute approximate surface area is 534 Å². The number of rotatable bonds is 18. The van der Waals surface area contributed by atoms with Crippen LogP contribution in [0, 0.1) is 51.4 Å². The molecule has 0 bridgehead atoms. The van der Waals surface area contributed by atoms with Gasteiger partial charge in [0.05, 0.1) is 22.2 Å². The van der Waals surface area contributed by atoms with E-state index >= 15 is 0 Å². The summed E-state index contributed by atoms with van der Waals surface area (Å²) in [4.78, 5) is 19.4. The molecule has 2 atom stereocenters.